The van der Waals surface area contributed by atoms with Gasteiger partial charge in [0, 0.05) is 31.2 Å². The van der Waals surface area contributed by atoms with Crippen molar-refractivity contribution in [2.75, 3.05) is 26.9 Å². The van der Waals surface area contributed by atoms with E-state index in [4.69, 9.17) is 9.47 Å². The highest BCUT2D eigenvalue weighted by atomic mass is 19.1. The Kier molecular flexibility index (Phi) is 5.46. The molecule has 0 spiro atoms. The van der Waals surface area contributed by atoms with Crippen molar-refractivity contribution in [3.63, 3.8) is 0 Å². The molecule has 27 heavy (non-hydrogen) atoms. The van der Waals surface area contributed by atoms with Gasteiger partial charge in [-0.05, 0) is 67.0 Å². The van der Waals surface area contributed by atoms with Crippen molar-refractivity contribution in [3.05, 3.63) is 65.0 Å². The molecule has 0 saturated carbocycles. The largest absolute Gasteiger partial charge is 0.496 e. The van der Waals surface area contributed by atoms with Crippen LogP contribution < -0.4 is 10.1 Å². The van der Waals surface area contributed by atoms with Crippen molar-refractivity contribution in [1.29, 1.82) is 0 Å². The van der Waals surface area contributed by atoms with Crippen LogP contribution in [0.3, 0.4) is 0 Å². The summed E-state index contributed by atoms with van der Waals surface area (Å²) in [6, 6.07) is 13.9. The van der Waals surface area contributed by atoms with E-state index in [-0.39, 0.29) is 11.2 Å². The second-order valence-electron chi connectivity index (χ2n) is 7.82. The van der Waals surface area contributed by atoms with E-state index in [0.29, 0.717) is 6.04 Å². The van der Waals surface area contributed by atoms with Gasteiger partial charge in [-0.3, -0.25) is 0 Å². The van der Waals surface area contributed by atoms with Gasteiger partial charge in [-0.15, -0.1) is 0 Å². The quantitative estimate of drug-likeness (QED) is 0.863. The lowest BCUT2D eigenvalue weighted by atomic mass is 9.73. The summed E-state index contributed by atoms with van der Waals surface area (Å²) in [7, 11) is 1.75. The van der Waals surface area contributed by atoms with Gasteiger partial charge in [0.15, 0.2) is 0 Å². The second-order valence-corrected chi connectivity index (χ2v) is 7.82. The molecule has 4 heteroatoms. The van der Waals surface area contributed by atoms with E-state index in [1.807, 2.05) is 12.1 Å². The standard InChI is InChI=1S/C23H28FNO2/c1-26-22-4-2-3-17-15-20(9-10-21(17)22)25-16-23(11-13-27-14-12-23)18-5-7-19(24)8-6-18/h2-8,20,25H,9-16H2,1H3. The van der Waals surface area contributed by atoms with E-state index in [9.17, 15) is 4.39 Å². The van der Waals surface area contributed by atoms with Crippen LogP contribution in [-0.2, 0) is 23.0 Å². The van der Waals surface area contributed by atoms with Crippen LogP contribution in [0, 0.1) is 5.82 Å². The Bertz CT molecular complexity index is 768. The van der Waals surface area contributed by atoms with Crippen LogP contribution in [-0.4, -0.2) is 32.9 Å². The fourth-order valence-corrected chi connectivity index (χ4v) is 4.61. The zero-order chi connectivity index (χ0) is 18.7. The summed E-state index contributed by atoms with van der Waals surface area (Å²) in [5.41, 5.74) is 4.00. The van der Waals surface area contributed by atoms with Crippen LogP contribution in [0.2, 0.25) is 0 Å². The molecule has 3 nitrogen and oxygen atoms in total. The Hall–Kier alpha value is -1.91. The van der Waals surface area contributed by atoms with Crippen molar-refractivity contribution < 1.29 is 13.9 Å². The summed E-state index contributed by atoms with van der Waals surface area (Å²) in [6.45, 7) is 2.44. The predicted molar refractivity (Wildman–Crippen MR) is 105 cm³/mol. The summed E-state index contributed by atoms with van der Waals surface area (Å²) in [6.07, 6.45) is 5.14. The average Bonchev–Trinajstić information content (AvgIpc) is 2.72. The summed E-state index contributed by atoms with van der Waals surface area (Å²) in [5.74, 6) is 0.838. The Labute approximate surface area is 160 Å². The maximum atomic E-state index is 13.4. The maximum absolute atomic E-state index is 13.4. The Morgan fingerprint density at radius 2 is 1.93 bits per heavy atom. The minimum atomic E-state index is -0.174. The van der Waals surface area contributed by atoms with Gasteiger partial charge in [0.05, 0.1) is 7.11 Å². The third-order valence-electron chi connectivity index (χ3n) is 6.29. The number of methoxy groups -OCH3 is 1. The van der Waals surface area contributed by atoms with Gasteiger partial charge in [-0.1, -0.05) is 24.3 Å². The normalized spacial score (nSPS) is 21.5. The summed E-state index contributed by atoms with van der Waals surface area (Å²) >= 11 is 0. The Balaban J connectivity index is 1.48. The Morgan fingerprint density at radius 1 is 1.15 bits per heavy atom. The average molecular weight is 369 g/mol. The number of hydrogen-bond acceptors (Lipinski definition) is 3. The molecular formula is C23H28FNO2. The fourth-order valence-electron chi connectivity index (χ4n) is 4.61. The monoisotopic (exact) mass is 369 g/mol. The molecule has 0 radical (unpaired) electrons. The lowest BCUT2D eigenvalue weighted by molar-refractivity contribution is 0.0486. The lowest BCUT2D eigenvalue weighted by Crippen LogP contribution is -2.47. The predicted octanol–water partition coefficient (Wildman–Crippen LogP) is 4.03. The zero-order valence-electron chi connectivity index (χ0n) is 16.0. The Morgan fingerprint density at radius 3 is 2.67 bits per heavy atom. The maximum Gasteiger partial charge on any atom is 0.123 e. The van der Waals surface area contributed by atoms with Crippen LogP contribution in [0.1, 0.15) is 36.0 Å². The summed E-state index contributed by atoms with van der Waals surface area (Å²) in [5, 5.41) is 3.83. The summed E-state index contributed by atoms with van der Waals surface area (Å²) < 4.78 is 24.5. The van der Waals surface area contributed by atoms with Crippen molar-refractivity contribution >= 4 is 0 Å². The third-order valence-corrected chi connectivity index (χ3v) is 6.29. The van der Waals surface area contributed by atoms with Gasteiger partial charge < -0.3 is 14.8 Å². The van der Waals surface area contributed by atoms with E-state index in [2.05, 4.69) is 23.5 Å². The van der Waals surface area contributed by atoms with Crippen LogP contribution in [0.15, 0.2) is 42.5 Å². The highest BCUT2D eigenvalue weighted by Gasteiger charge is 2.35. The molecule has 1 heterocycles. The molecule has 2 aliphatic rings. The number of ether oxygens (including phenoxy) is 2. The van der Waals surface area contributed by atoms with Gasteiger partial charge >= 0.3 is 0 Å². The molecule has 0 bridgehead atoms. The zero-order valence-corrected chi connectivity index (χ0v) is 16.0. The first-order valence-corrected chi connectivity index (χ1v) is 9.92. The molecule has 144 valence electrons. The van der Waals surface area contributed by atoms with Gasteiger partial charge in [-0.25, -0.2) is 4.39 Å². The second kappa shape index (κ2) is 7.99. The first-order chi connectivity index (χ1) is 13.2. The topological polar surface area (TPSA) is 30.5 Å². The first-order valence-electron chi connectivity index (χ1n) is 9.92. The van der Waals surface area contributed by atoms with Crippen molar-refractivity contribution in [2.24, 2.45) is 0 Å². The highest BCUT2D eigenvalue weighted by molar-refractivity contribution is 5.42. The van der Waals surface area contributed by atoms with Crippen LogP contribution >= 0.6 is 0 Å². The molecule has 2 aromatic rings. The van der Waals surface area contributed by atoms with Gasteiger partial charge in [0.2, 0.25) is 0 Å². The van der Waals surface area contributed by atoms with Crippen molar-refractivity contribution in [2.45, 2.75) is 43.6 Å². The van der Waals surface area contributed by atoms with Gasteiger partial charge in [-0.2, -0.15) is 0 Å². The SMILES string of the molecule is COc1cccc2c1CCC(NCC1(c3ccc(F)cc3)CCOCC1)C2. The number of nitrogens with one attached hydrogen (secondary N) is 1. The number of halogens is 1. The van der Waals surface area contributed by atoms with Crippen molar-refractivity contribution in [1.82, 2.24) is 5.32 Å². The fraction of sp³-hybridized carbons (Fsp3) is 0.478. The third kappa shape index (κ3) is 3.87. The van der Waals surface area contributed by atoms with E-state index in [0.717, 1.165) is 57.6 Å². The minimum absolute atomic E-state index is 0.0284. The smallest absolute Gasteiger partial charge is 0.123 e. The number of benzene rings is 2. The molecule has 1 atom stereocenters. The van der Waals surface area contributed by atoms with E-state index >= 15 is 0 Å². The number of rotatable bonds is 5. The van der Waals surface area contributed by atoms with Gasteiger partial charge in [0.25, 0.3) is 0 Å². The van der Waals surface area contributed by atoms with Crippen molar-refractivity contribution in [3.8, 4) is 5.75 Å². The van der Waals surface area contributed by atoms with Crippen LogP contribution in [0.5, 0.6) is 5.75 Å². The van der Waals surface area contributed by atoms with E-state index in [1.165, 1.54) is 16.7 Å². The molecule has 1 N–H and O–H groups in total. The first kappa shape index (κ1) is 18.5. The molecule has 1 fully saturated rings. The molecule has 4 rings (SSSR count). The highest BCUT2D eigenvalue weighted by Crippen LogP contribution is 2.35. The van der Waals surface area contributed by atoms with E-state index in [1.54, 1.807) is 19.2 Å². The summed E-state index contributed by atoms with van der Waals surface area (Å²) in [4.78, 5) is 0. The lowest BCUT2D eigenvalue weighted by Gasteiger charge is -2.40. The molecule has 2 aromatic carbocycles. The van der Waals surface area contributed by atoms with Crippen LogP contribution in [0.25, 0.3) is 0 Å². The molecular weight excluding hydrogens is 341 g/mol. The number of hydrogen-bond donors (Lipinski definition) is 1. The van der Waals surface area contributed by atoms with Gasteiger partial charge in [0.1, 0.15) is 11.6 Å². The molecule has 0 aromatic heterocycles. The molecule has 1 saturated heterocycles. The van der Waals surface area contributed by atoms with E-state index < -0.39 is 0 Å². The molecule has 1 aliphatic heterocycles. The molecule has 0 amide bonds. The van der Waals surface area contributed by atoms with Crippen LogP contribution in [0.4, 0.5) is 4.39 Å². The number of fused-ring (bicyclic) bond motifs is 1. The minimum Gasteiger partial charge on any atom is -0.496 e. The molecule has 1 unspecified atom stereocenters. The molecule has 1 aliphatic carbocycles.